The van der Waals surface area contributed by atoms with Crippen molar-refractivity contribution in [2.75, 3.05) is 0 Å². The molecule has 0 aromatic carbocycles. The highest BCUT2D eigenvalue weighted by Gasteiger charge is 2.90. The highest BCUT2D eigenvalue weighted by Crippen LogP contribution is 2.96. The fourth-order valence-electron chi connectivity index (χ4n) is 9.87. The number of fused-ring (bicyclic) bond motifs is 1. The molecule has 0 heterocycles. The van der Waals surface area contributed by atoms with Crippen molar-refractivity contribution >= 4 is 0 Å². The minimum atomic E-state index is 0.615. The molecule has 7 unspecified atom stereocenters. The lowest BCUT2D eigenvalue weighted by Crippen LogP contribution is -2.88. The second-order valence-electron chi connectivity index (χ2n) is 10.9. The van der Waals surface area contributed by atoms with E-state index in [2.05, 4.69) is 41.5 Å². The molecule has 0 heteroatoms. The topological polar surface area (TPSA) is 0 Å². The van der Waals surface area contributed by atoms with E-state index in [-0.39, 0.29) is 0 Å². The van der Waals surface area contributed by atoms with Gasteiger partial charge in [0.15, 0.2) is 0 Å². The van der Waals surface area contributed by atoms with Crippen LogP contribution >= 0.6 is 0 Å². The van der Waals surface area contributed by atoms with Crippen LogP contribution in [0.2, 0.25) is 0 Å². The fourth-order valence-corrected chi connectivity index (χ4v) is 9.87. The van der Waals surface area contributed by atoms with Crippen molar-refractivity contribution in [3.8, 4) is 0 Å². The second-order valence-corrected chi connectivity index (χ2v) is 10.9. The molecule has 0 N–H and O–H groups in total. The summed E-state index contributed by atoms with van der Waals surface area (Å²) < 4.78 is 0. The third kappa shape index (κ3) is 0.774. The van der Waals surface area contributed by atoms with E-state index in [0.717, 1.165) is 23.7 Å². The third-order valence-electron chi connectivity index (χ3n) is 10.8. The summed E-state index contributed by atoms with van der Waals surface area (Å²) in [6, 6.07) is 0. The minimum absolute atomic E-state index is 0.615. The van der Waals surface area contributed by atoms with Crippen molar-refractivity contribution in [2.24, 2.45) is 50.7 Å². The maximum atomic E-state index is 2.74. The maximum absolute atomic E-state index is 2.74. The predicted octanol–water partition coefficient (Wildman–Crippen LogP) is 5.52. The lowest BCUT2D eigenvalue weighted by atomic mass is 9.10. The van der Waals surface area contributed by atoms with E-state index < -0.39 is 0 Å². The molecule has 0 radical (unpaired) electrons. The van der Waals surface area contributed by atoms with Crippen LogP contribution in [0.3, 0.4) is 0 Å². The molecule has 7 fully saturated rings. The molecular formula is C20H32. The van der Waals surface area contributed by atoms with Gasteiger partial charge in [0.2, 0.25) is 0 Å². The molecule has 7 atom stereocenters. The molecule has 0 nitrogen and oxygen atoms in total. The lowest BCUT2D eigenvalue weighted by molar-refractivity contribution is -0.464. The summed E-state index contributed by atoms with van der Waals surface area (Å²) >= 11 is 0. The van der Waals surface area contributed by atoms with Gasteiger partial charge < -0.3 is 0 Å². The smallest absolute Gasteiger partial charge is 0.0125 e. The van der Waals surface area contributed by atoms with Crippen LogP contribution in [0.25, 0.3) is 0 Å². The van der Waals surface area contributed by atoms with E-state index in [9.17, 15) is 0 Å². The van der Waals surface area contributed by atoms with Gasteiger partial charge in [0.1, 0.15) is 0 Å². The van der Waals surface area contributed by atoms with Crippen LogP contribution in [0.1, 0.15) is 73.6 Å². The van der Waals surface area contributed by atoms with Crippen molar-refractivity contribution < 1.29 is 0 Å². The van der Waals surface area contributed by atoms with Crippen LogP contribution < -0.4 is 0 Å². The van der Waals surface area contributed by atoms with Crippen molar-refractivity contribution in [3.63, 3.8) is 0 Å². The second kappa shape index (κ2) is 2.79. The predicted molar refractivity (Wildman–Crippen MR) is 83.3 cm³/mol. The number of hydrogen-bond donors (Lipinski definition) is 0. The monoisotopic (exact) mass is 272 g/mol. The first-order valence-electron chi connectivity index (χ1n) is 9.14. The van der Waals surface area contributed by atoms with Crippen LogP contribution in [-0.2, 0) is 0 Å². The van der Waals surface area contributed by atoms with E-state index >= 15 is 0 Å². The molecular weight excluding hydrogens is 240 g/mol. The van der Waals surface area contributed by atoms with E-state index in [0.29, 0.717) is 27.1 Å². The Hall–Kier alpha value is 0. The standard InChI is InChI=1S/C20H32/c1-16(2)13-9-14(16)19(6)15(10-13)18(5)8-7-12-11-20(18,19)17(12,3)4/h12-15H,7-11H2,1-6H3. The van der Waals surface area contributed by atoms with Crippen molar-refractivity contribution in [1.29, 1.82) is 0 Å². The Kier molecular flexibility index (Phi) is 1.75. The van der Waals surface area contributed by atoms with Gasteiger partial charge in [0, 0.05) is 0 Å². The maximum Gasteiger partial charge on any atom is -0.0125 e. The summed E-state index contributed by atoms with van der Waals surface area (Å²) in [5.41, 5.74) is 3.30. The first-order chi connectivity index (χ1) is 9.14. The molecule has 7 aliphatic rings. The van der Waals surface area contributed by atoms with Gasteiger partial charge in [-0.1, -0.05) is 41.5 Å². The van der Waals surface area contributed by atoms with Gasteiger partial charge in [-0.2, -0.15) is 0 Å². The van der Waals surface area contributed by atoms with Crippen molar-refractivity contribution in [1.82, 2.24) is 0 Å². The Balaban J connectivity index is 1.69. The van der Waals surface area contributed by atoms with Gasteiger partial charge in [-0.25, -0.2) is 0 Å². The van der Waals surface area contributed by atoms with Crippen LogP contribution in [0.4, 0.5) is 0 Å². The molecule has 7 rings (SSSR count). The Bertz CT molecular complexity index is 514. The zero-order chi connectivity index (χ0) is 14.3. The third-order valence-corrected chi connectivity index (χ3v) is 10.8. The molecule has 0 saturated heterocycles. The highest BCUT2D eigenvalue weighted by molar-refractivity contribution is 5.37. The number of hydrogen-bond acceptors (Lipinski definition) is 0. The average Bonchev–Trinajstić information content (AvgIpc) is 2.36. The summed E-state index contributed by atoms with van der Waals surface area (Å²) in [6.45, 7) is 15.9. The molecule has 7 saturated carbocycles. The van der Waals surface area contributed by atoms with Crippen molar-refractivity contribution in [3.05, 3.63) is 0 Å². The lowest BCUT2D eigenvalue weighted by Gasteiger charge is -2.94. The summed E-state index contributed by atoms with van der Waals surface area (Å²) in [5, 5.41) is 0. The SMILES string of the molecule is CC1(C)C2CC1C1(C)C(C2)C2(C)CCC3CC21C3(C)C. The van der Waals surface area contributed by atoms with Gasteiger partial charge in [-0.3, -0.25) is 0 Å². The van der Waals surface area contributed by atoms with E-state index in [1.807, 2.05) is 0 Å². The molecule has 0 aromatic rings. The van der Waals surface area contributed by atoms with Crippen LogP contribution in [-0.4, -0.2) is 0 Å². The Morgan fingerprint density at radius 1 is 0.800 bits per heavy atom. The summed E-state index contributed by atoms with van der Waals surface area (Å²) in [6.07, 6.45) is 7.75. The summed E-state index contributed by atoms with van der Waals surface area (Å²) in [4.78, 5) is 0. The van der Waals surface area contributed by atoms with Crippen molar-refractivity contribution in [2.45, 2.75) is 73.6 Å². The molecule has 1 spiro atoms. The number of rotatable bonds is 0. The minimum Gasteiger partial charge on any atom is -0.0594 e. The molecule has 0 amide bonds. The molecule has 7 aliphatic carbocycles. The average molecular weight is 272 g/mol. The Labute approximate surface area is 125 Å². The van der Waals surface area contributed by atoms with Crippen LogP contribution in [0, 0.1) is 50.7 Å². The van der Waals surface area contributed by atoms with E-state index in [1.54, 1.807) is 25.7 Å². The van der Waals surface area contributed by atoms with Gasteiger partial charge in [-0.05, 0) is 82.9 Å². The molecule has 0 aromatic heterocycles. The first-order valence-corrected chi connectivity index (χ1v) is 9.14. The Morgan fingerprint density at radius 3 is 2.05 bits per heavy atom. The summed E-state index contributed by atoms with van der Waals surface area (Å²) in [7, 11) is 0. The largest absolute Gasteiger partial charge is 0.0594 e. The zero-order valence-corrected chi connectivity index (χ0v) is 14.3. The molecule has 0 aliphatic heterocycles. The first kappa shape index (κ1) is 12.5. The van der Waals surface area contributed by atoms with Crippen LogP contribution in [0.15, 0.2) is 0 Å². The normalized spacial score (nSPS) is 66.9. The van der Waals surface area contributed by atoms with Gasteiger partial charge in [0.25, 0.3) is 0 Å². The molecule has 4 bridgehead atoms. The quantitative estimate of drug-likeness (QED) is 0.544. The molecule has 112 valence electrons. The fraction of sp³-hybridized carbons (Fsp3) is 1.00. The summed E-state index contributed by atoms with van der Waals surface area (Å²) in [5.74, 6) is 4.15. The van der Waals surface area contributed by atoms with Gasteiger partial charge in [-0.15, -0.1) is 0 Å². The zero-order valence-electron chi connectivity index (χ0n) is 14.3. The van der Waals surface area contributed by atoms with Gasteiger partial charge >= 0.3 is 0 Å². The van der Waals surface area contributed by atoms with E-state index in [4.69, 9.17) is 0 Å². The van der Waals surface area contributed by atoms with Crippen LogP contribution in [0.5, 0.6) is 0 Å². The molecule has 20 heavy (non-hydrogen) atoms. The Morgan fingerprint density at radius 2 is 1.45 bits per heavy atom. The van der Waals surface area contributed by atoms with E-state index in [1.165, 1.54) is 6.42 Å². The highest BCUT2D eigenvalue weighted by atomic mass is 14.9. The van der Waals surface area contributed by atoms with Gasteiger partial charge in [0.05, 0.1) is 0 Å².